The lowest BCUT2D eigenvalue weighted by Crippen LogP contribution is -2.32. The minimum atomic E-state index is 0.0266. The van der Waals surface area contributed by atoms with E-state index in [-0.39, 0.29) is 11.9 Å². The molecule has 3 aromatic rings. The molecule has 1 atom stereocenters. The number of thioether (sulfide) groups is 1. The van der Waals surface area contributed by atoms with Gasteiger partial charge in [0.1, 0.15) is 6.04 Å². The van der Waals surface area contributed by atoms with E-state index in [0.29, 0.717) is 18.2 Å². The van der Waals surface area contributed by atoms with E-state index in [2.05, 4.69) is 42.5 Å². The van der Waals surface area contributed by atoms with Crippen molar-refractivity contribution in [1.82, 2.24) is 15.1 Å². The lowest BCUT2D eigenvalue weighted by atomic mass is 10.1. The third kappa shape index (κ3) is 5.22. The van der Waals surface area contributed by atoms with Crippen LogP contribution in [0.3, 0.4) is 0 Å². The summed E-state index contributed by atoms with van der Waals surface area (Å²) in [5.74, 6) is 0.0305. The average molecular weight is 386 g/mol. The van der Waals surface area contributed by atoms with Gasteiger partial charge in [0, 0.05) is 34.0 Å². The fourth-order valence-corrected chi connectivity index (χ4v) is 4.34. The first-order chi connectivity index (χ1) is 12.6. The fourth-order valence-electron chi connectivity index (χ4n) is 2.69. The van der Waals surface area contributed by atoms with Gasteiger partial charge in [-0.1, -0.05) is 32.0 Å². The van der Waals surface area contributed by atoms with E-state index in [4.69, 9.17) is 0 Å². The van der Waals surface area contributed by atoms with Gasteiger partial charge in [0.05, 0.1) is 6.42 Å². The number of rotatable bonds is 8. The van der Waals surface area contributed by atoms with Gasteiger partial charge in [-0.15, -0.1) is 23.1 Å². The van der Waals surface area contributed by atoms with Gasteiger partial charge in [0.25, 0.3) is 0 Å². The van der Waals surface area contributed by atoms with Crippen LogP contribution in [-0.4, -0.2) is 27.5 Å². The highest BCUT2D eigenvalue weighted by molar-refractivity contribution is 7.99. The first-order valence-corrected chi connectivity index (χ1v) is 10.4. The van der Waals surface area contributed by atoms with Crippen molar-refractivity contribution in [2.75, 3.05) is 6.54 Å². The number of thiophene rings is 1. The van der Waals surface area contributed by atoms with E-state index in [0.717, 1.165) is 5.56 Å². The summed E-state index contributed by atoms with van der Waals surface area (Å²) in [6.07, 6.45) is 4.09. The molecule has 1 aromatic carbocycles. The van der Waals surface area contributed by atoms with Gasteiger partial charge < -0.3 is 5.32 Å². The van der Waals surface area contributed by atoms with Crippen molar-refractivity contribution in [3.63, 3.8) is 0 Å². The molecule has 0 fully saturated rings. The van der Waals surface area contributed by atoms with Crippen molar-refractivity contribution in [2.24, 2.45) is 0 Å². The summed E-state index contributed by atoms with van der Waals surface area (Å²) in [6, 6.07) is 14.3. The van der Waals surface area contributed by atoms with Gasteiger partial charge >= 0.3 is 0 Å². The summed E-state index contributed by atoms with van der Waals surface area (Å²) < 4.78 is 1.89. The van der Waals surface area contributed by atoms with E-state index < -0.39 is 0 Å². The van der Waals surface area contributed by atoms with Gasteiger partial charge in [-0.3, -0.25) is 9.48 Å². The first kappa shape index (κ1) is 18.7. The SMILES string of the molecule is CC(C)Sc1ccc(CC(=O)NCC(c2cccs2)n2cccn2)cc1. The number of nitrogens with one attached hydrogen (secondary N) is 1. The number of hydrogen-bond acceptors (Lipinski definition) is 4. The Hall–Kier alpha value is -2.05. The monoisotopic (exact) mass is 385 g/mol. The van der Waals surface area contributed by atoms with Gasteiger partial charge in [0.15, 0.2) is 0 Å². The van der Waals surface area contributed by atoms with Crippen LogP contribution in [0.15, 0.2) is 65.1 Å². The summed E-state index contributed by atoms with van der Waals surface area (Å²) >= 11 is 3.50. The Bertz CT molecular complexity index is 762. The Kier molecular flexibility index (Phi) is 6.52. The molecule has 0 aliphatic heterocycles. The average Bonchev–Trinajstić information content (AvgIpc) is 3.30. The molecule has 1 unspecified atom stereocenters. The molecule has 1 N–H and O–H groups in total. The van der Waals surface area contributed by atoms with Gasteiger partial charge in [-0.2, -0.15) is 5.10 Å². The molecule has 0 spiro atoms. The molecule has 26 heavy (non-hydrogen) atoms. The third-order valence-corrected chi connectivity index (χ3v) is 5.86. The molecule has 6 heteroatoms. The lowest BCUT2D eigenvalue weighted by molar-refractivity contribution is -0.120. The van der Waals surface area contributed by atoms with Crippen LogP contribution in [0.4, 0.5) is 0 Å². The van der Waals surface area contributed by atoms with Crippen LogP contribution < -0.4 is 5.32 Å². The smallest absolute Gasteiger partial charge is 0.224 e. The Balaban J connectivity index is 1.57. The second-order valence-corrected chi connectivity index (χ2v) is 8.94. The van der Waals surface area contributed by atoms with Crippen LogP contribution in [-0.2, 0) is 11.2 Å². The predicted molar refractivity (Wildman–Crippen MR) is 109 cm³/mol. The normalized spacial score (nSPS) is 12.3. The first-order valence-electron chi connectivity index (χ1n) is 8.66. The number of hydrogen-bond donors (Lipinski definition) is 1. The van der Waals surface area contributed by atoms with Crippen molar-refractivity contribution >= 4 is 29.0 Å². The summed E-state index contributed by atoms with van der Waals surface area (Å²) in [4.78, 5) is 14.8. The van der Waals surface area contributed by atoms with Gasteiger partial charge in [-0.25, -0.2) is 0 Å². The molecule has 0 bridgehead atoms. The number of aromatic nitrogens is 2. The zero-order valence-electron chi connectivity index (χ0n) is 15.0. The summed E-state index contributed by atoms with van der Waals surface area (Å²) in [6.45, 7) is 4.88. The Morgan fingerprint density at radius 1 is 1.23 bits per heavy atom. The topological polar surface area (TPSA) is 46.9 Å². The Labute approximate surface area is 162 Å². The van der Waals surface area contributed by atoms with E-state index in [9.17, 15) is 4.79 Å². The standard InChI is InChI=1S/C20H23N3OS2/c1-15(2)26-17-8-6-16(7-9-17)13-20(24)21-14-18(19-5-3-12-25-19)23-11-4-10-22-23/h3-12,15,18H,13-14H2,1-2H3,(H,21,24). The lowest BCUT2D eigenvalue weighted by Gasteiger charge is -2.17. The predicted octanol–water partition coefficient (Wildman–Crippen LogP) is 4.39. The third-order valence-electron chi connectivity index (χ3n) is 3.87. The molecule has 4 nitrogen and oxygen atoms in total. The zero-order valence-corrected chi connectivity index (χ0v) is 16.6. The van der Waals surface area contributed by atoms with Crippen molar-refractivity contribution in [3.8, 4) is 0 Å². The number of carbonyl (C=O) groups excluding carboxylic acids is 1. The Morgan fingerprint density at radius 3 is 2.65 bits per heavy atom. The van der Waals surface area contributed by atoms with Crippen LogP contribution in [0, 0.1) is 0 Å². The zero-order chi connectivity index (χ0) is 18.4. The molecule has 2 heterocycles. The quantitative estimate of drug-likeness (QED) is 0.585. The van der Waals surface area contributed by atoms with Crippen LogP contribution in [0.5, 0.6) is 0 Å². The number of nitrogens with zero attached hydrogens (tertiary/aromatic N) is 2. The van der Waals surface area contributed by atoms with E-state index >= 15 is 0 Å². The molecular formula is C20H23N3OS2. The minimum absolute atomic E-state index is 0.0266. The second kappa shape index (κ2) is 9.05. The maximum Gasteiger partial charge on any atom is 0.224 e. The van der Waals surface area contributed by atoms with Crippen molar-refractivity contribution in [2.45, 2.75) is 36.5 Å². The maximum atomic E-state index is 12.4. The van der Waals surface area contributed by atoms with E-state index in [1.165, 1.54) is 9.77 Å². The molecule has 0 saturated heterocycles. The number of benzene rings is 1. The molecule has 136 valence electrons. The van der Waals surface area contributed by atoms with Gasteiger partial charge in [-0.05, 0) is 35.2 Å². The Morgan fingerprint density at radius 2 is 2.04 bits per heavy atom. The highest BCUT2D eigenvalue weighted by Gasteiger charge is 2.16. The van der Waals surface area contributed by atoms with E-state index in [1.807, 2.05) is 52.3 Å². The molecule has 0 radical (unpaired) electrons. The highest BCUT2D eigenvalue weighted by atomic mass is 32.2. The largest absolute Gasteiger partial charge is 0.353 e. The molecule has 2 aromatic heterocycles. The second-order valence-electron chi connectivity index (χ2n) is 6.31. The van der Waals surface area contributed by atoms with Crippen LogP contribution in [0.2, 0.25) is 0 Å². The molecule has 0 aliphatic rings. The number of carbonyl (C=O) groups is 1. The van der Waals surface area contributed by atoms with Crippen LogP contribution in [0.1, 0.15) is 30.3 Å². The fraction of sp³-hybridized carbons (Fsp3) is 0.300. The molecule has 0 saturated carbocycles. The van der Waals surface area contributed by atoms with Gasteiger partial charge in [0.2, 0.25) is 5.91 Å². The van der Waals surface area contributed by atoms with Crippen molar-refractivity contribution in [3.05, 3.63) is 70.7 Å². The molecule has 0 aliphatic carbocycles. The van der Waals surface area contributed by atoms with Crippen molar-refractivity contribution in [1.29, 1.82) is 0 Å². The van der Waals surface area contributed by atoms with Crippen molar-refractivity contribution < 1.29 is 4.79 Å². The minimum Gasteiger partial charge on any atom is -0.353 e. The summed E-state index contributed by atoms with van der Waals surface area (Å²) in [7, 11) is 0. The maximum absolute atomic E-state index is 12.4. The molecular weight excluding hydrogens is 362 g/mol. The van der Waals surface area contributed by atoms with E-state index in [1.54, 1.807) is 17.5 Å². The summed E-state index contributed by atoms with van der Waals surface area (Å²) in [5, 5.41) is 10.00. The van der Waals surface area contributed by atoms with Crippen LogP contribution >= 0.6 is 23.1 Å². The molecule has 1 amide bonds. The molecule has 3 rings (SSSR count). The van der Waals surface area contributed by atoms with Crippen LogP contribution in [0.25, 0.3) is 0 Å². The number of amides is 1. The highest BCUT2D eigenvalue weighted by Crippen LogP contribution is 2.23. The summed E-state index contributed by atoms with van der Waals surface area (Å²) in [5.41, 5.74) is 1.03.